The Morgan fingerprint density at radius 1 is 1.09 bits per heavy atom. The molecule has 0 saturated carbocycles. The number of hydrogen-bond acceptors (Lipinski definition) is 5. The monoisotopic (exact) mass is 471 g/mol. The van der Waals surface area contributed by atoms with Crippen molar-refractivity contribution in [1.29, 1.82) is 0 Å². The molecule has 0 unspecified atom stereocenters. The Kier molecular flexibility index (Phi) is 6.83. The van der Waals surface area contributed by atoms with E-state index in [1.54, 1.807) is 12.1 Å². The van der Waals surface area contributed by atoms with E-state index in [-0.39, 0.29) is 23.1 Å². The topological polar surface area (TPSA) is 96.0 Å². The molecule has 2 heterocycles. The Morgan fingerprint density at radius 3 is 2.45 bits per heavy atom. The van der Waals surface area contributed by atoms with Crippen molar-refractivity contribution in [3.05, 3.63) is 59.2 Å². The van der Waals surface area contributed by atoms with E-state index in [0.717, 1.165) is 5.56 Å². The predicted molar refractivity (Wildman–Crippen MR) is 125 cm³/mol. The summed E-state index contributed by atoms with van der Waals surface area (Å²) in [5.74, 6) is -0.498. The molecule has 0 aliphatic carbocycles. The molecule has 176 valence electrons. The number of amides is 2. The number of fused-ring (bicyclic) bond motifs is 1. The zero-order valence-corrected chi connectivity index (χ0v) is 19.7. The van der Waals surface area contributed by atoms with Gasteiger partial charge in [0, 0.05) is 38.7 Å². The third-order valence-electron chi connectivity index (χ3n) is 6.12. The molecule has 1 fully saturated rings. The Hall–Kier alpha value is -2.75. The summed E-state index contributed by atoms with van der Waals surface area (Å²) in [7, 11) is -3.66. The molecule has 0 bridgehead atoms. The van der Waals surface area contributed by atoms with Crippen molar-refractivity contribution in [3.63, 3.8) is 0 Å². The van der Waals surface area contributed by atoms with Crippen molar-refractivity contribution < 1.29 is 22.7 Å². The molecule has 0 spiro atoms. The standard InChI is InChI=1S/C24H29N3O5S/c1-17-3-5-19(6-4-17)9-10-25-24(29)23-16-20-15-21(7-8-22(20)27(23)18(2)28)33(30,31)26-11-13-32-14-12-26/h3-8,15,23H,9-14,16H2,1-2H3,(H,25,29)/t23-/m0/s1. The zero-order chi connectivity index (χ0) is 23.6. The quantitative estimate of drug-likeness (QED) is 0.691. The summed E-state index contributed by atoms with van der Waals surface area (Å²) in [5, 5.41) is 2.93. The van der Waals surface area contributed by atoms with Crippen molar-refractivity contribution >= 4 is 27.5 Å². The number of rotatable bonds is 6. The predicted octanol–water partition coefficient (Wildman–Crippen LogP) is 1.65. The molecule has 2 aliphatic rings. The largest absolute Gasteiger partial charge is 0.379 e. The summed E-state index contributed by atoms with van der Waals surface area (Å²) < 4.78 is 32.7. The number of carbonyl (C=O) groups excluding carboxylic acids is 2. The van der Waals surface area contributed by atoms with Gasteiger partial charge in [-0.1, -0.05) is 29.8 Å². The molecule has 2 aromatic carbocycles. The first-order valence-electron chi connectivity index (χ1n) is 11.1. The van der Waals surface area contributed by atoms with Crippen molar-refractivity contribution in [1.82, 2.24) is 9.62 Å². The molecule has 2 aliphatic heterocycles. The number of sulfonamides is 1. The number of anilines is 1. The molecule has 9 heteroatoms. The number of carbonyl (C=O) groups is 2. The third kappa shape index (κ3) is 4.95. The minimum absolute atomic E-state index is 0.173. The highest BCUT2D eigenvalue weighted by atomic mass is 32.2. The first kappa shape index (κ1) is 23.4. The van der Waals surface area contributed by atoms with Gasteiger partial charge in [-0.3, -0.25) is 14.5 Å². The minimum atomic E-state index is -3.66. The lowest BCUT2D eigenvalue weighted by Gasteiger charge is -2.26. The summed E-state index contributed by atoms with van der Waals surface area (Å²) >= 11 is 0. The van der Waals surface area contributed by atoms with Crippen LogP contribution < -0.4 is 10.2 Å². The Balaban J connectivity index is 1.48. The van der Waals surface area contributed by atoms with Crippen LogP contribution in [0.25, 0.3) is 0 Å². The highest BCUT2D eigenvalue weighted by Crippen LogP contribution is 2.35. The second-order valence-electron chi connectivity index (χ2n) is 8.44. The lowest BCUT2D eigenvalue weighted by Crippen LogP contribution is -2.47. The van der Waals surface area contributed by atoms with Gasteiger partial charge in [-0.25, -0.2) is 8.42 Å². The lowest BCUT2D eigenvalue weighted by atomic mass is 10.1. The van der Waals surface area contributed by atoms with E-state index >= 15 is 0 Å². The van der Waals surface area contributed by atoms with Gasteiger partial charge in [-0.05, 0) is 42.7 Å². The first-order valence-corrected chi connectivity index (χ1v) is 12.6. The summed E-state index contributed by atoms with van der Waals surface area (Å²) in [6.07, 6.45) is 0.964. The molecule has 2 aromatic rings. The van der Waals surface area contributed by atoms with Crippen LogP contribution in [0.2, 0.25) is 0 Å². The molecular weight excluding hydrogens is 442 g/mol. The van der Waals surface area contributed by atoms with Crippen molar-refractivity contribution in [2.45, 2.75) is 37.6 Å². The molecule has 4 rings (SSSR count). The van der Waals surface area contributed by atoms with Gasteiger partial charge in [0.1, 0.15) is 6.04 Å². The van der Waals surface area contributed by atoms with Crippen molar-refractivity contribution in [2.75, 3.05) is 37.7 Å². The normalized spacial score (nSPS) is 18.7. The number of nitrogens with one attached hydrogen (secondary N) is 1. The number of benzene rings is 2. The van der Waals surface area contributed by atoms with Crippen LogP contribution in [0.4, 0.5) is 5.69 Å². The van der Waals surface area contributed by atoms with Crippen LogP contribution in [0.3, 0.4) is 0 Å². The number of morpholine rings is 1. The van der Waals surface area contributed by atoms with Gasteiger partial charge < -0.3 is 10.1 Å². The van der Waals surface area contributed by atoms with Crippen LogP contribution in [0.1, 0.15) is 23.6 Å². The molecule has 33 heavy (non-hydrogen) atoms. The summed E-state index contributed by atoms with van der Waals surface area (Å²) in [6, 6.07) is 12.2. The van der Waals surface area contributed by atoms with Gasteiger partial charge in [-0.15, -0.1) is 0 Å². The molecule has 8 nitrogen and oxygen atoms in total. The number of hydrogen-bond donors (Lipinski definition) is 1. The second-order valence-corrected chi connectivity index (χ2v) is 10.4. The lowest BCUT2D eigenvalue weighted by molar-refractivity contribution is -0.125. The summed E-state index contributed by atoms with van der Waals surface area (Å²) in [6.45, 7) is 5.25. The van der Waals surface area contributed by atoms with Crippen LogP contribution in [0.15, 0.2) is 47.4 Å². The average Bonchev–Trinajstić information content (AvgIpc) is 3.20. The van der Waals surface area contributed by atoms with E-state index in [1.165, 1.54) is 27.8 Å². The second kappa shape index (κ2) is 9.62. The van der Waals surface area contributed by atoms with Gasteiger partial charge in [0.2, 0.25) is 21.8 Å². The Morgan fingerprint density at radius 2 is 1.79 bits per heavy atom. The van der Waals surface area contributed by atoms with Gasteiger partial charge >= 0.3 is 0 Å². The molecule has 0 aromatic heterocycles. The molecular formula is C24H29N3O5S. The van der Waals surface area contributed by atoms with Gasteiger partial charge in [-0.2, -0.15) is 4.31 Å². The molecule has 1 N–H and O–H groups in total. The van der Waals surface area contributed by atoms with Crippen LogP contribution >= 0.6 is 0 Å². The van der Waals surface area contributed by atoms with E-state index in [0.29, 0.717) is 50.5 Å². The minimum Gasteiger partial charge on any atom is -0.379 e. The summed E-state index contributed by atoms with van der Waals surface area (Å²) in [5.41, 5.74) is 3.57. The molecule has 0 radical (unpaired) electrons. The van der Waals surface area contributed by atoms with E-state index in [9.17, 15) is 18.0 Å². The SMILES string of the molecule is CC(=O)N1c2ccc(S(=O)(=O)N3CCOCC3)cc2C[C@H]1C(=O)NCCc1ccc(C)cc1. The number of nitrogens with zero attached hydrogens (tertiary/aromatic N) is 2. The van der Waals surface area contributed by atoms with E-state index in [1.807, 2.05) is 31.2 Å². The van der Waals surface area contributed by atoms with Crippen molar-refractivity contribution in [2.24, 2.45) is 0 Å². The highest BCUT2D eigenvalue weighted by molar-refractivity contribution is 7.89. The van der Waals surface area contributed by atoms with Gasteiger partial charge in [0.05, 0.1) is 18.1 Å². The van der Waals surface area contributed by atoms with Crippen LogP contribution in [-0.2, 0) is 37.2 Å². The summed E-state index contributed by atoms with van der Waals surface area (Å²) in [4.78, 5) is 27.0. The maximum Gasteiger partial charge on any atom is 0.243 e. The highest BCUT2D eigenvalue weighted by Gasteiger charge is 2.38. The number of aryl methyl sites for hydroxylation is 1. The Labute approximate surface area is 194 Å². The third-order valence-corrected chi connectivity index (χ3v) is 8.01. The maximum atomic E-state index is 13.0. The smallest absolute Gasteiger partial charge is 0.243 e. The fourth-order valence-corrected chi connectivity index (χ4v) is 5.79. The van der Waals surface area contributed by atoms with Crippen molar-refractivity contribution in [3.8, 4) is 0 Å². The van der Waals surface area contributed by atoms with E-state index < -0.39 is 16.1 Å². The fourth-order valence-electron chi connectivity index (χ4n) is 4.33. The maximum absolute atomic E-state index is 13.0. The molecule has 2 amide bonds. The fraction of sp³-hybridized carbons (Fsp3) is 0.417. The Bertz CT molecular complexity index is 1140. The zero-order valence-electron chi connectivity index (χ0n) is 18.9. The first-order chi connectivity index (χ1) is 15.8. The average molecular weight is 472 g/mol. The van der Waals surface area contributed by atoms with Gasteiger partial charge in [0.15, 0.2) is 0 Å². The van der Waals surface area contributed by atoms with Gasteiger partial charge in [0.25, 0.3) is 0 Å². The van der Waals surface area contributed by atoms with Crippen LogP contribution in [0, 0.1) is 6.92 Å². The van der Waals surface area contributed by atoms with Crippen LogP contribution in [-0.4, -0.2) is 63.4 Å². The number of ether oxygens (including phenoxy) is 1. The van der Waals surface area contributed by atoms with E-state index in [2.05, 4.69) is 5.32 Å². The van der Waals surface area contributed by atoms with Crippen LogP contribution in [0.5, 0.6) is 0 Å². The molecule has 1 saturated heterocycles. The molecule has 1 atom stereocenters. The van der Waals surface area contributed by atoms with E-state index in [4.69, 9.17) is 4.74 Å².